The summed E-state index contributed by atoms with van der Waals surface area (Å²) in [6.07, 6.45) is 10.0. The maximum absolute atomic E-state index is 14.9. The quantitative estimate of drug-likeness (QED) is 0.294. The molecule has 1 saturated carbocycles. The van der Waals surface area contributed by atoms with Crippen LogP contribution in [0.25, 0.3) is 22.3 Å². The van der Waals surface area contributed by atoms with E-state index in [9.17, 15) is 17.6 Å². The Balaban J connectivity index is 1.61. The minimum Gasteiger partial charge on any atom is -0.478 e. The third kappa shape index (κ3) is 4.23. The Morgan fingerprint density at radius 3 is 1.88 bits per heavy atom. The Morgan fingerprint density at radius 2 is 1.28 bits per heavy atom. The van der Waals surface area contributed by atoms with E-state index in [2.05, 4.69) is 5.92 Å². The van der Waals surface area contributed by atoms with Crippen LogP contribution in [-0.4, -0.2) is 6.61 Å². The molecule has 3 aromatic carbocycles. The second kappa shape index (κ2) is 9.48. The van der Waals surface area contributed by atoms with Gasteiger partial charge in [0.2, 0.25) is 5.82 Å². The van der Waals surface area contributed by atoms with Gasteiger partial charge in [-0.15, -0.1) is 6.42 Å². The molecule has 1 fully saturated rings. The molecule has 0 radical (unpaired) electrons. The average molecular weight is 438 g/mol. The van der Waals surface area contributed by atoms with Gasteiger partial charge in [-0.3, -0.25) is 0 Å². The lowest BCUT2D eigenvalue weighted by Gasteiger charge is -2.23. The Morgan fingerprint density at radius 1 is 0.719 bits per heavy atom. The summed E-state index contributed by atoms with van der Waals surface area (Å²) >= 11 is 0. The van der Waals surface area contributed by atoms with Gasteiger partial charge in [0.1, 0.15) is 6.61 Å². The first-order valence-electron chi connectivity index (χ1n) is 10.6. The largest absolute Gasteiger partial charge is 0.478 e. The van der Waals surface area contributed by atoms with Crippen LogP contribution in [-0.2, 0) is 0 Å². The lowest BCUT2D eigenvalue weighted by atomic mass is 9.83. The van der Waals surface area contributed by atoms with Gasteiger partial charge in [0.25, 0.3) is 0 Å². The minimum atomic E-state index is -1.13. The van der Waals surface area contributed by atoms with Gasteiger partial charge in [-0.05, 0) is 47.6 Å². The lowest BCUT2D eigenvalue weighted by Crippen LogP contribution is -2.08. The number of hydrogen-bond acceptors (Lipinski definition) is 1. The van der Waals surface area contributed by atoms with Gasteiger partial charge in [0, 0.05) is 11.1 Å². The first-order valence-corrected chi connectivity index (χ1v) is 10.6. The summed E-state index contributed by atoms with van der Waals surface area (Å²) in [6, 6.07) is 12.2. The zero-order valence-corrected chi connectivity index (χ0v) is 17.4. The molecular weight excluding hydrogens is 416 g/mol. The SMILES string of the molecule is C#CCOc1ccc(-c2ccc(-c3ccc(C4CCCCC4)c(F)c3F)cc2)c(F)c1F. The smallest absolute Gasteiger partial charge is 0.201 e. The maximum atomic E-state index is 14.9. The summed E-state index contributed by atoms with van der Waals surface area (Å²) in [7, 11) is 0. The molecule has 4 rings (SSSR count). The van der Waals surface area contributed by atoms with Crippen molar-refractivity contribution in [3.63, 3.8) is 0 Å². The number of hydrogen-bond donors (Lipinski definition) is 0. The molecule has 3 aromatic rings. The second-order valence-electron chi connectivity index (χ2n) is 7.97. The maximum Gasteiger partial charge on any atom is 0.201 e. The van der Waals surface area contributed by atoms with Gasteiger partial charge in [-0.25, -0.2) is 13.2 Å². The van der Waals surface area contributed by atoms with E-state index in [0.29, 0.717) is 16.7 Å². The summed E-state index contributed by atoms with van der Waals surface area (Å²) in [6.45, 7) is -0.175. The molecule has 0 spiro atoms. The van der Waals surface area contributed by atoms with Gasteiger partial charge in [-0.1, -0.05) is 61.6 Å². The number of benzene rings is 3. The molecule has 32 heavy (non-hydrogen) atoms. The van der Waals surface area contributed by atoms with E-state index in [1.807, 2.05) is 0 Å². The molecular formula is C27H22F4O. The van der Waals surface area contributed by atoms with Crippen LogP contribution < -0.4 is 4.74 Å². The average Bonchev–Trinajstić information content (AvgIpc) is 2.82. The number of halogens is 4. The van der Waals surface area contributed by atoms with E-state index in [1.54, 1.807) is 36.4 Å². The monoisotopic (exact) mass is 438 g/mol. The Kier molecular flexibility index (Phi) is 6.50. The van der Waals surface area contributed by atoms with E-state index in [-0.39, 0.29) is 29.4 Å². The van der Waals surface area contributed by atoms with Crippen LogP contribution >= 0.6 is 0 Å². The van der Waals surface area contributed by atoms with Crippen molar-refractivity contribution in [1.29, 1.82) is 0 Å². The van der Waals surface area contributed by atoms with Crippen molar-refractivity contribution in [3.05, 3.63) is 77.4 Å². The van der Waals surface area contributed by atoms with Crippen molar-refractivity contribution in [3.8, 4) is 40.3 Å². The first kappa shape index (κ1) is 22.0. The fraction of sp³-hybridized carbons (Fsp3) is 0.259. The highest BCUT2D eigenvalue weighted by molar-refractivity contribution is 5.71. The van der Waals surface area contributed by atoms with Gasteiger partial charge >= 0.3 is 0 Å². The van der Waals surface area contributed by atoms with Crippen LogP contribution in [0.3, 0.4) is 0 Å². The van der Waals surface area contributed by atoms with E-state index >= 15 is 0 Å². The first-order chi connectivity index (χ1) is 15.5. The van der Waals surface area contributed by atoms with E-state index in [4.69, 9.17) is 11.2 Å². The van der Waals surface area contributed by atoms with Crippen molar-refractivity contribution in [2.45, 2.75) is 38.0 Å². The van der Waals surface area contributed by atoms with E-state index in [0.717, 1.165) is 32.1 Å². The third-order valence-electron chi connectivity index (χ3n) is 6.02. The predicted molar refractivity (Wildman–Crippen MR) is 117 cm³/mol. The van der Waals surface area contributed by atoms with Crippen LogP contribution in [0, 0.1) is 35.6 Å². The summed E-state index contributed by atoms with van der Waals surface area (Å²) in [5.74, 6) is -1.90. The molecule has 164 valence electrons. The van der Waals surface area contributed by atoms with Crippen LogP contribution in [0.5, 0.6) is 5.75 Å². The zero-order valence-electron chi connectivity index (χ0n) is 17.4. The lowest BCUT2D eigenvalue weighted by molar-refractivity contribution is 0.339. The molecule has 0 amide bonds. The fourth-order valence-corrected chi connectivity index (χ4v) is 4.33. The van der Waals surface area contributed by atoms with Crippen molar-refractivity contribution in [2.24, 2.45) is 0 Å². The molecule has 1 aliphatic carbocycles. The fourth-order valence-electron chi connectivity index (χ4n) is 4.33. The molecule has 0 saturated heterocycles. The molecule has 1 nitrogen and oxygen atoms in total. The summed E-state index contributed by atoms with van der Waals surface area (Å²) in [5.41, 5.74) is 1.45. The minimum absolute atomic E-state index is 0.0291. The van der Waals surface area contributed by atoms with Crippen molar-refractivity contribution in [1.82, 2.24) is 0 Å². The Hall–Kier alpha value is -3.26. The molecule has 0 unspecified atom stereocenters. The van der Waals surface area contributed by atoms with Gasteiger partial charge in [-0.2, -0.15) is 4.39 Å². The standard InChI is InChI=1S/C27H22F4O/c1-2-16-32-23-15-14-22(26(30)27(23)31)19-10-8-18(9-11-19)21-13-12-20(24(28)25(21)29)17-6-4-3-5-7-17/h1,8-15,17H,3-7,16H2. The number of ether oxygens (including phenoxy) is 1. The molecule has 0 bridgehead atoms. The molecule has 1 aliphatic rings. The zero-order chi connectivity index (χ0) is 22.7. The predicted octanol–water partition coefficient (Wildman–Crippen LogP) is 7.64. The molecule has 0 N–H and O–H groups in total. The Bertz CT molecular complexity index is 1160. The number of terminal acetylenes is 1. The second-order valence-corrected chi connectivity index (χ2v) is 7.97. The number of rotatable bonds is 5. The molecule has 0 atom stereocenters. The van der Waals surface area contributed by atoms with Gasteiger partial charge < -0.3 is 4.74 Å². The van der Waals surface area contributed by atoms with Crippen LogP contribution in [0.1, 0.15) is 43.6 Å². The molecule has 0 aromatic heterocycles. The topological polar surface area (TPSA) is 9.23 Å². The highest BCUT2D eigenvalue weighted by Crippen LogP contribution is 2.37. The van der Waals surface area contributed by atoms with Crippen LogP contribution in [0.15, 0.2) is 48.5 Å². The summed E-state index contributed by atoms with van der Waals surface area (Å²) in [5, 5.41) is 0. The highest BCUT2D eigenvalue weighted by atomic mass is 19.2. The Labute approximate surface area is 185 Å². The van der Waals surface area contributed by atoms with Crippen LogP contribution in [0.4, 0.5) is 17.6 Å². The van der Waals surface area contributed by atoms with E-state index in [1.165, 1.54) is 12.1 Å². The van der Waals surface area contributed by atoms with Crippen LogP contribution in [0.2, 0.25) is 0 Å². The summed E-state index contributed by atoms with van der Waals surface area (Å²) in [4.78, 5) is 0. The van der Waals surface area contributed by atoms with Crippen molar-refractivity contribution >= 4 is 0 Å². The third-order valence-corrected chi connectivity index (χ3v) is 6.02. The summed E-state index contributed by atoms with van der Waals surface area (Å²) < 4.78 is 63.4. The van der Waals surface area contributed by atoms with Gasteiger partial charge in [0.05, 0.1) is 0 Å². The molecule has 0 aliphatic heterocycles. The van der Waals surface area contributed by atoms with Gasteiger partial charge in [0.15, 0.2) is 23.2 Å². The highest BCUT2D eigenvalue weighted by Gasteiger charge is 2.23. The van der Waals surface area contributed by atoms with E-state index < -0.39 is 23.3 Å². The molecule has 5 heteroatoms. The van der Waals surface area contributed by atoms with Crippen molar-refractivity contribution in [2.75, 3.05) is 6.61 Å². The molecule has 0 heterocycles. The normalized spacial score (nSPS) is 14.2. The van der Waals surface area contributed by atoms with Crippen molar-refractivity contribution < 1.29 is 22.3 Å².